The van der Waals surface area contributed by atoms with Gasteiger partial charge in [-0.1, -0.05) is 44.1 Å². The minimum atomic E-state index is -0.511. The third-order valence-electron chi connectivity index (χ3n) is 2.50. The molecule has 0 amide bonds. The molecule has 2 nitrogen and oxygen atoms in total. The number of unbranched alkanes of at least 4 members (excludes halogenated alkanes) is 2. The first-order valence-corrected chi connectivity index (χ1v) is 5.76. The molecule has 88 valence electrons. The van der Waals surface area contributed by atoms with Gasteiger partial charge in [-0.15, -0.1) is 0 Å². The lowest BCUT2D eigenvalue weighted by Crippen LogP contribution is -1.93. The number of methoxy groups -OCH3 is 1. The van der Waals surface area contributed by atoms with Crippen molar-refractivity contribution in [3.8, 4) is 5.75 Å². The summed E-state index contributed by atoms with van der Waals surface area (Å²) in [5.41, 5.74) is 0.897. The van der Waals surface area contributed by atoms with Crippen molar-refractivity contribution >= 4 is 0 Å². The zero-order chi connectivity index (χ0) is 11.8. The van der Waals surface area contributed by atoms with Crippen molar-refractivity contribution in [3.63, 3.8) is 0 Å². The van der Waals surface area contributed by atoms with Crippen molar-refractivity contribution in [2.45, 2.75) is 32.3 Å². The SMILES string of the molecule is CCCC/C=C/[C@H](O)c1ccc(OC)cc1. The van der Waals surface area contributed by atoms with Gasteiger partial charge in [-0.05, 0) is 24.1 Å². The molecule has 1 atom stereocenters. The number of benzene rings is 1. The molecule has 0 saturated heterocycles. The summed E-state index contributed by atoms with van der Waals surface area (Å²) in [6.45, 7) is 2.16. The van der Waals surface area contributed by atoms with E-state index in [1.807, 2.05) is 36.4 Å². The number of aliphatic hydroxyl groups excluding tert-OH is 1. The molecule has 16 heavy (non-hydrogen) atoms. The van der Waals surface area contributed by atoms with Crippen molar-refractivity contribution in [1.82, 2.24) is 0 Å². The van der Waals surface area contributed by atoms with Gasteiger partial charge in [-0.3, -0.25) is 0 Å². The van der Waals surface area contributed by atoms with Crippen LogP contribution in [0.2, 0.25) is 0 Å². The molecular formula is C14H20O2. The Balaban J connectivity index is 2.51. The Morgan fingerprint density at radius 1 is 1.31 bits per heavy atom. The first-order chi connectivity index (χ1) is 7.77. The second-order valence-corrected chi connectivity index (χ2v) is 3.79. The number of hydrogen-bond acceptors (Lipinski definition) is 2. The van der Waals surface area contributed by atoms with Gasteiger partial charge in [0.1, 0.15) is 5.75 Å². The molecular weight excluding hydrogens is 200 g/mol. The molecule has 0 aliphatic heterocycles. The zero-order valence-electron chi connectivity index (χ0n) is 10.0. The first-order valence-electron chi connectivity index (χ1n) is 5.76. The molecule has 0 spiro atoms. The first kappa shape index (κ1) is 12.8. The Hall–Kier alpha value is -1.28. The lowest BCUT2D eigenvalue weighted by atomic mass is 10.1. The van der Waals surface area contributed by atoms with Crippen molar-refractivity contribution in [1.29, 1.82) is 0 Å². The smallest absolute Gasteiger partial charge is 0.118 e. The largest absolute Gasteiger partial charge is 0.497 e. The van der Waals surface area contributed by atoms with E-state index in [1.165, 1.54) is 12.8 Å². The molecule has 1 aromatic rings. The summed E-state index contributed by atoms with van der Waals surface area (Å²) < 4.78 is 5.06. The molecule has 0 saturated carbocycles. The van der Waals surface area contributed by atoms with Crippen LogP contribution in [0.25, 0.3) is 0 Å². The summed E-state index contributed by atoms with van der Waals surface area (Å²) in [5, 5.41) is 9.86. The van der Waals surface area contributed by atoms with Crippen LogP contribution < -0.4 is 4.74 Å². The molecule has 0 heterocycles. The van der Waals surface area contributed by atoms with E-state index in [0.717, 1.165) is 17.7 Å². The van der Waals surface area contributed by atoms with Crippen LogP contribution in [0.3, 0.4) is 0 Å². The van der Waals surface area contributed by atoms with E-state index in [1.54, 1.807) is 7.11 Å². The molecule has 0 bridgehead atoms. The molecule has 0 fully saturated rings. The van der Waals surface area contributed by atoms with Crippen molar-refractivity contribution in [2.75, 3.05) is 7.11 Å². The fourth-order valence-corrected chi connectivity index (χ4v) is 1.46. The highest BCUT2D eigenvalue weighted by molar-refractivity contribution is 5.29. The maximum atomic E-state index is 9.86. The summed E-state index contributed by atoms with van der Waals surface area (Å²) in [7, 11) is 1.64. The molecule has 0 radical (unpaired) electrons. The predicted octanol–water partition coefficient (Wildman–Crippen LogP) is 3.48. The number of allylic oxidation sites excluding steroid dienone is 1. The van der Waals surface area contributed by atoms with Crippen LogP contribution in [0.4, 0.5) is 0 Å². The molecule has 1 N–H and O–H groups in total. The highest BCUT2D eigenvalue weighted by Crippen LogP contribution is 2.18. The molecule has 0 aromatic heterocycles. The summed E-state index contributed by atoms with van der Waals surface area (Å²) >= 11 is 0. The molecule has 0 unspecified atom stereocenters. The maximum absolute atomic E-state index is 9.86. The molecule has 1 rings (SSSR count). The summed E-state index contributed by atoms with van der Waals surface area (Å²) in [5.74, 6) is 0.811. The fraction of sp³-hybridized carbons (Fsp3) is 0.429. The standard InChI is InChI=1S/C14H20O2/c1-3-4-5-6-7-14(15)12-8-10-13(16-2)11-9-12/h6-11,14-15H,3-5H2,1-2H3/b7-6+/t14-/m0/s1. The quantitative estimate of drug-likeness (QED) is 0.587. The Labute approximate surface area is 97.6 Å². The fourth-order valence-electron chi connectivity index (χ4n) is 1.46. The summed E-state index contributed by atoms with van der Waals surface area (Å²) in [6, 6.07) is 7.48. The van der Waals surface area contributed by atoms with Crippen molar-refractivity contribution < 1.29 is 9.84 Å². The maximum Gasteiger partial charge on any atom is 0.118 e. The van der Waals surface area contributed by atoms with Crippen LogP contribution in [0, 0.1) is 0 Å². The lowest BCUT2D eigenvalue weighted by Gasteiger charge is -2.06. The van der Waals surface area contributed by atoms with E-state index >= 15 is 0 Å². The van der Waals surface area contributed by atoms with Gasteiger partial charge in [-0.2, -0.15) is 0 Å². The highest BCUT2D eigenvalue weighted by Gasteiger charge is 2.02. The Morgan fingerprint density at radius 2 is 2.00 bits per heavy atom. The molecule has 2 heteroatoms. The predicted molar refractivity (Wildman–Crippen MR) is 66.6 cm³/mol. The lowest BCUT2D eigenvalue weighted by molar-refractivity contribution is 0.228. The average molecular weight is 220 g/mol. The van der Waals surface area contributed by atoms with Gasteiger partial charge in [0.05, 0.1) is 13.2 Å². The Kier molecular flexibility index (Phi) is 5.65. The van der Waals surface area contributed by atoms with Gasteiger partial charge in [0.2, 0.25) is 0 Å². The van der Waals surface area contributed by atoms with Crippen LogP contribution in [0.15, 0.2) is 36.4 Å². The summed E-state index contributed by atoms with van der Waals surface area (Å²) in [4.78, 5) is 0. The van der Waals surface area contributed by atoms with Gasteiger partial charge in [0.25, 0.3) is 0 Å². The van der Waals surface area contributed by atoms with Crippen molar-refractivity contribution in [3.05, 3.63) is 42.0 Å². The van der Waals surface area contributed by atoms with E-state index in [2.05, 4.69) is 6.92 Å². The highest BCUT2D eigenvalue weighted by atomic mass is 16.5. The van der Waals surface area contributed by atoms with Gasteiger partial charge in [0, 0.05) is 0 Å². The third-order valence-corrected chi connectivity index (χ3v) is 2.50. The zero-order valence-corrected chi connectivity index (χ0v) is 10.0. The Bertz CT molecular complexity index is 314. The van der Waals surface area contributed by atoms with Gasteiger partial charge < -0.3 is 9.84 Å². The van der Waals surface area contributed by atoms with Crippen LogP contribution in [-0.2, 0) is 0 Å². The van der Waals surface area contributed by atoms with E-state index < -0.39 is 6.10 Å². The molecule has 1 aromatic carbocycles. The topological polar surface area (TPSA) is 29.5 Å². The number of aliphatic hydroxyl groups is 1. The molecule has 0 aliphatic rings. The Morgan fingerprint density at radius 3 is 2.56 bits per heavy atom. The normalized spacial score (nSPS) is 12.9. The minimum Gasteiger partial charge on any atom is -0.497 e. The van der Waals surface area contributed by atoms with Crippen LogP contribution in [0.1, 0.15) is 37.9 Å². The number of ether oxygens (including phenoxy) is 1. The second-order valence-electron chi connectivity index (χ2n) is 3.79. The van der Waals surface area contributed by atoms with Crippen LogP contribution in [-0.4, -0.2) is 12.2 Å². The van der Waals surface area contributed by atoms with E-state index in [9.17, 15) is 5.11 Å². The minimum absolute atomic E-state index is 0.511. The average Bonchev–Trinajstić information content (AvgIpc) is 2.34. The van der Waals surface area contributed by atoms with E-state index in [-0.39, 0.29) is 0 Å². The molecule has 0 aliphatic carbocycles. The van der Waals surface area contributed by atoms with E-state index in [0.29, 0.717) is 0 Å². The van der Waals surface area contributed by atoms with Gasteiger partial charge >= 0.3 is 0 Å². The van der Waals surface area contributed by atoms with Gasteiger partial charge in [0.15, 0.2) is 0 Å². The van der Waals surface area contributed by atoms with E-state index in [4.69, 9.17) is 4.74 Å². The van der Waals surface area contributed by atoms with Crippen LogP contribution >= 0.6 is 0 Å². The number of rotatable bonds is 6. The second kappa shape index (κ2) is 7.07. The van der Waals surface area contributed by atoms with Crippen LogP contribution in [0.5, 0.6) is 5.75 Å². The van der Waals surface area contributed by atoms with Crippen molar-refractivity contribution in [2.24, 2.45) is 0 Å². The summed E-state index contributed by atoms with van der Waals surface area (Å²) in [6.07, 6.45) is 6.76. The van der Waals surface area contributed by atoms with Gasteiger partial charge in [-0.25, -0.2) is 0 Å². The third kappa shape index (κ3) is 4.07. The number of hydrogen-bond donors (Lipinski definition) is 1. The monoisotopic (exact) mass is 220 g/mol.